The summed E-state index contributed by atoms with van der Waals surface area (Å²) in [6, 6.07) is -6.92. The molecule has 20 heteroatoms. The van der Waals surface area contributed by atoms with Crippen LogP contribution in [0.25, 0.3) is 0 Å². The number of rotatable bonds is 32. The molecular weight excluding hydrogens is 931 g/mol. The maximum absolute atomic E-state index is 14.9. The zero-order chi connectivity index (χ0) is 55.4. The smallest absolute Gasteiger partial charge is 0.256 e. The number of nitrogens with one attached hydrogen (secondary N) is 1. The molecule has 0 radical (unpaired) electrons. The number of aliphatic hydroxyl groups is 1. The number of thioether (sulfide) groups is 1. The first kappa shape index (κ1) is 66.7. The highest BCUT2D eigenvalue weighted by Crippen LogP contribution is 2.26. The fraction of sp³-hybridized carbons (Fsp3) is 0.804. The minimum atomic E-state index is -1.56. The average Bonchev–Trinajstić information content (AvgIpc) is 3.33. The van der Waals surface area contributed by atoms with Gasteiger partial charge < -0.3 is 55.2 Å². The van der Waals surface area contributed by atoms with Gasteiger partial charge in [0, 0.05) is 74.5 Å². The molecule has 0 heterocycles. The summed E-state index contributed by atoms with van der Waals surface area (Å²) in [5.41, 5.74) is 5.02. The van der Waals surface area contributed by atoms with E-state index in [0.29, 0.717) is 18.7 Å². The second-order valence-electron chi connectivity index (χ2n) is 20.1. The Morgan fingerprint density at radius 3 is 1.70 bits per heavy atom. The molecule has 0 saturated heterocycles. The van der Waals surface area contributed by atoms with Gasteiger partial charge in [0.15, 0.2) is 5.37 Å². The number of hydrogen-bond donors (Lipinski definition) is 3. The van der Waals surface area contributed by atoms with E-state index in [1.54, 1.807) is 61.5 Å². The minimum Gasteiger partial charge on any atom is -0.390 e. The molecule has 0 spiro atoms. The maximum Gasteiger partial charge on any atom is 0.256 e. The van der Waals surface area contributed by atoms with E-state index in [9.17, 15) is 43.5 Å². The molecule has 0 aliphatic carbocycles. The van der Waals surface area contributed by atoms with E-state index in [2.05, 4.69) is 10.2 Å². The molecule has 0 bridgehead atoms. The van der Waals surface area contributed by atoms with Crippen LogP contribution in [-0.4, -0.2) is 215 Å². The Morgan fingerprint density at radius 2 is 1.25 bits per heavy atom. The fourth-order valence-electron chi connectivity index (χ4n) is 8.37. The van der Waals surface area contributed by atoms with Gasteiger partial charge in [0.25, 0.3) is 5.91 Å². The molecule has 19 nitrogen and oxygen atoms in total. The van der Waals surface area contributed by atoms with Crippen LogP contribution in [0.2, 0.25) is 0 Å². The summed E-state index contributed by atoms with van der Waals surface area (Å²) in [4.78, 5) is 122. The van der Waals surface area contributed by atoms with Gasteiger partial charge in [-0.1, -0.05) is 74.5 Å². The zero-order valence-corrected chi connectivity index (χ0v) is 47.9. The van der Waals surface area contributed by atoms with Crippen molar-refractivity contribution in [3.8, 4) is 0 Å². The lowest BCUT2D eigenvalue weighted by atomic mass is 9.91. The van der Waals surface area contributed by atoms with E-state index in [0.717, 1.165) is 18.0 Å². The normalized spacial score (nSPS) is 15.8. The number of primary amides is 1. The number of allylic oxidation sites excluding steroid dienone is 2. The summed E-state index contributed by atoms with van der Waals surface area (Å²) in [6.07, 6.45) is 3.12. The summed E-state index contributed by atoms with van der Waals surface area (Å²) in [5.74, 6) is -5.33. The molecular formula is C51H95N9O10S. The molecule has 410 valence electrons. The Balaban J connectivity index is 7.33. The Hall–Kier alpha value is -4.27. The second kappa shape index (κ2) is 31.3. The first-order valence-electron chi connectivity index (χ1n) is 25.3. The Bertz CT molecular complexity index is 1780. The summed E-state index contributed by atoms with van der Waals surface area (Å²) in [6.45, 7) is 25.6. The molecule has 0 unspecified atom stereocenters. The van der Waals surface area contributed by atoms with Crippen LogP contribution in [0.3, 0.4) is 0 Å². The topological polar surface area (TPSA) is 227 Å². The fourth-order valence-corrected chi connectivity index (χ4v) is 9.60. The highest BCUT2D eigenvalue weighted by atomic mass is 32.2. The monoisotopic (exact) mass is 1030 g/mol. The van der Waals surface area contributed by atoms with Gasteiger partial charge in [-0.3, -0.25) is 38.4 Å². The molecule has 0 aromatic heterocycles. The van der Waals surface area contributed by atoms with Crippen molar-refractivity contribution in [1.82, 2.24) is 39.6 Å². The summed E-state index contributed by atoms with van der Waals surface area (Å²) in [7, 11) is 10.3. The van der Waals surface area contributed by atoms with E-state index in [-0.39, 0.29) is 37.5 Å². The molecule has 0 fully saturated rings. The van der Waals surface area contributed by atoms with Crippen LogP contribution in [0.5, 0.6) is 0 Å². The maximum atomic E-state index is 14.9. The molecule has 0 aromatic rings. The van der Waals surface area contributed by atoms with Crippen LogP contribution in [-0.2, 0) is 43.1 Å². The van der Waals surface area contributed by atoms with Gasteiger partial charge in [-0.25, -0.2) is 0 Å². The molecule has 0 aromatic carbocycles. The lowest BCUT2D eigenvalue weighted by molar-refractivity contribution is -0.157. The van der Waals surface area contributed by atoms with Crippen molar-refractivity contribution in [3.05, 3.63) is 12.2 Å². The van der Waals surface area contributed by atoms with Gasteiger partial charge in [-0.2, -0.15) is 0 Å². The first-order chi connectivity index (χ1) is 32.9. The van der Waals surface area contributed by atoms with Crippen LogP contribution in [0, 0.1) is 17.8 Å². The molecule has 71 heavy (non-hydrogen) atoms. The number of nitrogens with zero attached hydrogens (tertiary/aromatic N) is 7. The largest absolute Gasteiger partial charge is 0.390 e. The molecule has 0 aliphatic rings. The molecule has 0 aliphatic heterocycles. The van der Waals surface area contributed by atoms with E-state index < -0.39 is 107 Å². The number of methoxy groups -OCH3 is 1. The Kier molecular flexibility index (Phi) is 29.5. The quantitative estimate of drug-likeness (QED) is 0.0652. The van der Waals surface area contributed by atoms with Crippen molar-refractivity contribution in [2.24, 2.45) is 23.5 Å². The van der Waals surface area contributed by atoms with Gasteiger partial charge in [-0.05, 0) is 77.8 Å². The lowest BCUT2D eigenvalue weighted by Gasteiger charge is -2.41. The van der Waals surface area contributed by atoms with Crippen LogP contribution in [0.15, 0.2) is 12.2 Å². The van der Waals surface area contributed by atoms with Gasteiger partial charge in [-0.15, -0.1) is 11.8 Å². The highest BCUT2D eigenvalue weighted by Gasteiger charge is 2.45. The predicted molar refractivity (Wildman–Crippen MR) is 282 cm³/mol. The van der Waals surface area contributed by atoms with Gasteiger partial charge >= 0.3 is 0 Å². The average molecular weight is 1030 g/mol. The highest BCUT2D eigenvalue weighted by molar-refractivity contribution is 8.00. The second-order valence-corrected chi connectivity index (χ2v) is 21.3. The van der Waals surface area contributed by atoms with Crippen molar-refractivity contribution in [2.45, 2.75) is 175 Å². The van der Waals surface area contributed by atoms with Crippen molar-refractivity contribution in [3.63, 3.8) is 0 Å². The summed E-state index contributed by atoms with van der Waals surface area (Å²) < 4.78 is 5.56. The van der Waals surface area contributed by atoms with E-state index in [1.807, 2.05) is 40.7 Å². The number of hydrogen-bond acceptors (Lipinski definition) is 12. The predicted octanol–water partition coefficient (Wildman–Crippen LogP) is 3.27. The molecule has 8 amide bonds. The number of likely N-dealkylation sites (N-methyl/N-ethyl adjacent to an activating group) is 6. The van der Waals surface area contributed by atoms with E-state index in [1.165, 1.54) is 85.7 Å². The summed E-state index contributed by atoms with van der Waals surface area (Å²) in [5, 5.41) is 13.7. The number of carbonyl (C=O) groups excluding carboxylic acids is 8. The lowest BCUT2D eigenvalue weighted by Crippen LogP contribution is -2.63. The molecule has 9 atom stereocenters. The summed E-state index contributed by atoms with van der Waals surface area (Å²) >= 11 is 1.22. The van der Waals surface area contributed by atoms with Crippen LogP contribution in [0.1, 0.15) is 122 Å². The molecule has 4 N–H and O–H groups in total. The zero-order valence-electron chi connectivity index (χ0n) is 47.1. The van der Waals surface area contributed by atoms with Gasteiger partial charge in [0.2, 0.25) is 41.4 Å². The van der Waals surface area contributed by atoms with Gasteiger partial charge in [0.05, 0.1) is 11.7 Å². The first-order valence-corrected chi connectivity index (χ1v) is 26.3. The Morgan fingerprint density at radius 1 is 0.718 bits per heavy atom. The van der Waals surface area contributed by atoms with Crippen molar-refractivity contribution in [2.75, 3.05) is 74.8 Å². The minimum absolute atomic E-state index is 0.0512. The SMILES string of the molecule is C/C=C/C[C@@H](C)[C@@H](O)[C@@H](C(=O)N[C@@H](CC)C(=O)N(C)[C@H](SCCN(CC)CC)C(=O)N(C)[C@@H](CC(C)(C)OC)C(N)=O)N(C)C(=O)[C@H](C(C)C)N(C)C(=O)[C@H](CC(C)C)N(C)C(=O)[C@@H](C)N(C)C(=O)CC. The standard InChI is InChI=1S/C51H95N9O10S/c1-21-26-27-34(10)42(62)41(58(18)48(68)40(33(8)9)57(17)47(67)37(30-32(6)7)55(15)45(65)35(11)54(14)39(61)23-3)44(64)53-36(22-2)46(66)59(19)50(71-29-28-60(24-4)25-5)49(69)56(16)38(43(52)63)31-51(12,13)70-20/h21,26,32-38,40-42,50,62H,22-25,27-31H2,1-20H3,(H2,52,63)(H,53,64)/b26-21+/t34-,35-,36+,37+,38+,40+,41+,42-,50-/m1/s1. The van der Waals surface area contributed by atoms with Crippen LogP contribution in [0.4, 0.5) is 0 Å². The third kappa shape index (κ3) is 19.3. The van der Waals surface area contributed by atoms with Crippen molar-refractivity contribution >= 4 is 59.0 Å². The number of ether oxygens (including phenoxy) is 1. The third-order valence-corrected chi connectivity index (χ3v) is 14.9. The van der Waals surface area contributed by atoms with Gasteiger partial charge in [0.1, 0.15) is 36.3 Å². The van der Waals surface area contributed by atoms with Crippen LogP contribution < -0.4 is 11.1 Å². The number of nitrogens with two attached hydrogens (primary N) is 1. The van der Waals surface area contributed by atoms with E-state index >= 15 is 0 Å². The molecule has 0 rings (SSSR count). The number of carbonyl (C=O) groups is 8. The Labute approximate surface area is 431 Å². The molecule has 0 saturated carbocycles. The van der Waals surface area contributed by atoms with Crippen molar-refractivity contribution < 1.29 is 48.2 Å². The number of aliphatic hydroxyl groups excluding tert-OH is 1. The van der Waals surface area contributed by atoms with Crippen molar-refractivity contribution in [1.29, 1.82) is 0 Å². The van der Waals surface area contributed by atoms with E-state index in [4.69, 9.17) is 10.5 Å². The third-order valence-electron chi connectivity index (χ3n) is 13.7. The number of amides is 8. The van der Waals surface area contributed by atoms with Crippen LogP contribution >= 0.6 is 11.8 Å².